The highest BCUT2D eigenvalue weighted by atomic mass is 19.1. The zero-order valence-corrected chi connectivity index (χ0v) is 19.5. The lowest BCUT2D eigenvalue weighted by Gasteiger charge is -2.10. The third-order valence-electron chi connectivity index (χ3n) is 5.49. The number of nitrogens with one attached hydrogen (secondary N) is 2. The van der Waals surface area contributed by atoms with Crippen LogP contribution in [0.1, 0.15) is 43.1 Å². The number of rotatable bonds is 6. The lowest BCUT2D eigenvalue weighted by molar-refractivity contribution is 0.0938. The quantitative estimate of drug-likeness (QED) is 0.329. The molecule has 9 nitrogen and oxygen atoms in total. The molecule has 3 aromatic carbocycles. The maximum absolute atomic E-state index is 14.1. The van der Waals surface area contributed by atoms with Gasteiger partial charge in [0.05, 0.1) is 7.11 Å². The van der Waals surface area contributed by atoms with Gasteiger partial charge in [0.1, 0.15) is 17.1 Å². The van der Waals surface area contributed by atoms with E-state index in [0.29, 0.717) is 5.56 Å². The number of phenolic OH excluding ortho intramolecular Hbond substituents is 2. The molecule has 3 aromatic rings. The Bertz CT molecular complexity index is 1240. The molecule has 10 heteroatoms. The Hall–Kier alpha value is -4.44. The summed E-state index contributed by atoms with van der Waals surface area (Å²) in [6, 6.07) is 14.3. The van der Waals surface area contributed by atoms with Gasteiger partial charge in [-0.05, 0) is 61.5 Å². The number of primary amides is 1. The molecule has 0 bridgehead atoms. The Morgan fingerprint density at radius 3 is 2.14 bits per heavy atom. The number of hydrogen-bond donors (Lipinski definition) is 5. The summed E-state index contributed by atoms with van der Waals surface area (Å²) >= 11 is 0. The fraction of sp³-hybridized carbons (Fsp3) is 0.192. The van der Waals surface area contributed by atoms with Crippen LogP contribution < -0.4 is 21.1 Å². The number of methoxy groups -OCH3 is 1. The zero-order valence-electron chi connectivity index (χ0n) is 19.5. The number of halogens is 1. The fourth-order valence-electron chi connectivity index (χ4n) is 3.51. The van der Waals surface area contributed by atoms with Crippen molar-refractivity contribution >= 4 is 17.6 Å². The molecule has 6 N–H and O–H groups in total. The van der Waals surface area contributed by atoms with Crippen LogP contribution in [0.2, 0.25) is 0 Å². The number of hydrogen-bond acceptors (Lipinski definition) is 7. The first-order valence-electron chi connectivity index (χ1n) is 11.0. The summed E-state index contributed by atoms with van der Waals surface area (Å²) in [5.41, 5.74) is 5.53. The first kappa shape index (κ1) is 26.2. The maximum atomic E-state index is 14.1. The highest BCUT2D eigenvalue weighted by molar-refractivity contribution is 6.11. The molecule has 0 saturated carbocycles. The van der Waals surface area contributed by atoms with Crippen LogP contribution in [0.25, 0.3) is 0 Å². The molecule has 2 amide bonds. The van der Waals surface area contributed by atoms with Crippen molar-refractivity contribution < 1.29 is 33.7 Å². The van der Waals surface area contributed by atoms with Gasteiger partial charge < -0.3 is 31.3 Å². The molecule has 0 aromatic heterocycles. The van der Waals surface area contributed by atoms with E-state index in [1.165, 1.54) is 55.6 Å². The number of ether oxygens (including phenoxy) is 1. The van der Waals surface area contributed by atoms with E-state index in [9.17, 15) is 23.9 Å². The highest BCUT2D eigenvalue weighted by Gasteiger charge is 2.22. The molecule has 36 heavy (non-hydrogen) atoms. The van der Waals surface area contributed by atoms with E-state index in [0.717, 1.165) is 19.5 Å². The number of phenols is 2. The predicted octanol–water partition coefficient (Wildman–Crippen LogP) is 2.35. The van der Waals surface area contributed by atoms with E-state index >= 15 is 0 Å². The maximum Gasteiger partial charge on any atom is 0.251 e. The molecule has 1 atom stereocenters. The lowest BCUT2D eigenvalue weighted by atomic mass is 10.00. The van der Waals surface area contributed by atoms with Crippen LogP contribution in [0, 0.1) is 5.82 Å². The predicted molar refractivity (Wildman–Crippen MR) is 130 cm³/mol. The number of ketones is 1. The second-order valence-electron chi connectivity index (χ2n) is 7.96. The molecular weight excluding hydrogens is 469 g/mol. The lowest BCUT2D eigenvalue weighted by Crippen LogP contribution is -2.36. The zero-order chi connectivity index (χ0) is 26.2. The third-order valence-corrected chi connectivity index (χ3v) is 5.49. The molecule has 1 heterocycles. The molecule has 1 aliphatic heterocycles. The molecule has 1 unspecified atom stereocenters. The van der Waals surface area contributed by atoms with Crippen LogP contribution in [-0.4, -0.2) is 54.1 Å². The van der Waals surface area contributed by atoms with Crippen LogP contribution in [0.3, 0.4) is 0 Å². The molecule has 188 valence electrons. The summed E-state index contributed by atoms with van der Waals surface area (Å²) in [5.74, 6) is -2.84. The topological polar surface area (TPSA) is 151 Å². The molecule has 1 aliphatic rings. The van der Waals surface area contributed by atoms with Crippen molar-refractivity contribution in [1.82, 2.24) is 10.6 Å². The van der Waals surface area contributed by atoms with Crippen molar-refractivity contribution in [3.8, 4) is 17.2 Å². The standard InChI is InChI=1S/C15H12FNO4.C11H14N2O2/c1-21-11-7-6-10(18)12(13(11)16)14(19)8-2-4-9(5-3-8)15(17)20;14-10-3-1-8(2-4-10)11(15)13-9-5-6-12-7-9/h2-7,18H,1H3,(H2,17,20);1-4,9,12,14H,5-7H2,(H,13,15). The van der Waals surface area contributed by atoms with Crippen molar-refractivity contribution in [2.75, 3.05) is 20.2 Å². The summed E-state index contributed by atoms with van der Waals surface area (Å²) in [6.45, 7) is 1.80. The Balaban J connectivity index is 0.000000212. The van der Waals surface area contributed by atoms with Crippen molar-refractivity contribution in [3.63, 3.8) is 0 Å². The van der Waals surface area contributed by atoms with Crippen LogP contribution in [0.4, 0.5) is 4.39 Å². The van der Waals surface area contributed by atoms with Crippen molar-refractivity contribution in [1.29, 1.82) is 0 Å². The second-order valence-corrected chi connectivity index (χ2v) is 7.96. The molecular formula is C26H26FN3O6. The minimum absolute atomic E-state index is 0.0799. The Morgan fingerprint density at radius 2 is 1.58 bits per heavy atom. The summed E-state index contributed by atoms with van der Waals surface area (Å²) in [6.07, 6.45) is 0.976. The van der Waals surface area contributed by atoms with Crippen molar-refractivity contribution in [3.05, 3.63) is 88.7 Å². The largest absolute Gasteiger partial charge is 0.508 e. The van der Waals surface area contributed by atoms with Crippen molar-refractivity contribution in [2.24, 2.45) is 5.73 Å². The smallest absolute Gasteiger partial charge is 0.251 e. The average molecular weight is 496 g/mol. The fourth-order valence-corrected chi connectivity index (χ4v) is 3.51. The number of carbonyl (C=O) groups is 3. The first-order valence-corrected chi connectivity index (χ1v) is 11.0. The normalized spacial score (nSPS) is 14.3. The van der Waals surface area contributed by atoms with Gasteiger partial charge in [-0.3, -0.25) is 14.4 Å². The number of aromatic hydroxyl groups is 2. The third kappa shape index (κ3) is 6.36. The van der Waals surface area contributed by atoms with Gasteiger partial charge in [0, 0.05) is 29.3 Å². The van der Waals surface area contributed by atoms with E-state index < -0.39 is 28.8 Å². The molecule has 0 aliphatic carbocycles. The van der Waals surface area contributed by atoms with E-state index in [4.69, 9.17) is 15.6 Å². The van der Waals surface area contributed by atoms with Crippen molar-refractivity contribution in [2.45, 2.75) is 12.5 Å². The molecule has 4 rings (SSSR count). The second kappa shape index (κ2) is 11.8. The van der Waals surface area contributed by atoms with E-state index in [2.05, 4.69) is 10.6 Å². The number of nitrogens with two attached hydrogens (primary N) is 1. The molecule has 1 fully saturated rings. The summed E-state index contributed by atoms with van der Waals surface area (Å²) in [7, 11) is 1.26. The summed E-state index contributed by atoms with van der Waals surface area (Å²) < 4.78 is 18.9. The minimum Gasteiger partial charge on any atom is -0.508 e. The molecule has 0 radical (unpaired) electrons. The molecule has 1 saturated heterocycles. The van der Waals surface area contributed by atoms with E-state index in [1.54, 1.807) is 12.1 Å². The highest BCUT2D eigenvalue weighted by Crippen LogP contribution is 2.30. The van der Waals surface area contributed by atoms with E-state index in [1.807, 2.05) is 0 Å². The SMILES string of the molecule is COc1ccc(O)c(C(=O)c2ccc(C(N)=O)cc2)c1F.O=C(NC1CCNC1)c1ccc(O)cc1. The van der Waals surface area contributed by atoms with Gasteiger partial charge in [-0.1, -0.05) is 12.1 Å². The van der Waals surface area contributed by atoms with Crippen LogP contribution in [-0.2, 0) is 0 Å². The Kier molecular flexibility index (Phi) is 8.58. The molecule has 0 spiro atoms. The monoisotopic (exact) mass is 495 g/mol. The number of amides is 2. The Morgan fingerprint density at radius 1 is 0.972 bits per heavy atom. The number of benzene rings is 3. The van der Waals surface area contributed by atoms with Gasteiger partial charge in [-0.25, -0.2) is 4.39 Å². The van der Waals surface area contributed by atoms with Gasteiger partial charge in [-0.15, -0.1) is 0 Å². The minimum atomic E-state index is -0.943. The summed E-state index contributed by atoms with van der Waals surface area (Å²) in [4.78, 5) is 34.9. The summed E-state index contributed by atoms with van der Waals surface area (Å²) in [5, 5.41) is 24.9. The van der Waals surface area contributed by atoms with E-state index in [-0.39, 0.29) is 34.6 Å². The van der Waals surface area contributed by atoms with Crippen LogP contribution in [0.5, 0.6) is 17.2 Å². The number of carbonyl (C=O) groups excluding carboxylic acids is 3. The van der Waals surface area contributed by atoms with Gasteiger partial charge in [0.2, 0.25) is 5.91 Å². The van der Waals surface area contributed by atoms with Gasteiger partial charge >= 0.3 is 0 Å². The Labute approximate surface area is 206 Å². The van der Waals surface area contributed by atoms with Gasteiger partial charge in [-0.2, -0.15) is 0 Å². The van der Waals surface area contributed by atoms with Crippen LogP contribution in [0.15, 0.2) is 60.7 Å². The first-order chi connectivity index (χ1) is 17.2. The van der Waals surface area contributed by atoms with Gasteiger partial charge in [0.15, 0.2) is 17.3 Å². The van der Waals surface area contributed by atoms with Gasteiger partial charge in [0.25, 0.3) is 5.91 Å². The van der Waals surface area contributed by atoms with Crippen LogP contribution >= 0.6 is 0 Å². The average Bonchev–Trinajstić information content (AvgIpc) is 3.38.